The highest BCUT2D eigenvalue weighted by Gasteiger charge is 2.19. The summed E-state index contributed by atoms with van der Waals surface area (Å²) in [6.07, 6.45) is 5.57. The van der Waals surface area contributed by atoms with Gasteiger partial charge >= 0.3 is 17.9 Å². The number of carbonyl (C=O) groups is 3. The Hall–Kier alpha value is -3.20. The van der Waals surface area contributed by atoms with Crippen molar-refractivity contribution in [3.05, 3.63) is 82.9 Å². The van der Waals surface area contributed by atoms with Crippen molar-refractivity contribution in [1.29, 1.82) is 0 Å². The topological polar surface area (TPSA) is 113 Å². The summed E-state index contributed by atoms with van der Waals surface area (Å²) in [6.45, 7) is 5.82. The van der Waals surface area contributed by atoms with E-state index in [0.29, 0.717) is 19.1 Å². The van der Waals surface area contributed by atoms with E-state index in [1.54, 1.807) is 6.08 Å². The Labute approximate surface area is 216 Å². The highest BCUT2D eigenvalue weighted by Crippen LogP contribution is 2.27. The minimum atomic E-state index is -1.82. The Balaban J connectivity index is 0.000000678. The maximum atomic E-state index is 11.5. The number of carboxylic acid groups (broad SMARTS) is 2. The summed E-state index contributed by atoms with van der Waals surface area (Å²) >= 11 is 6.06. The van der Waals surface area contributed by atoms with Gasteiger partial charge in [-0.2, -0.15) is 0 Å². The van der Waals surface area contributed by atoms with Gasteiger partial charge in [-0.25, -0.2) is 14.4 Å². The van der Waals surface area contributed by atoms with Crippen molar-refractivity contribution in [2.75, 3.05) is 32.8 Å². The molecule has 0 saturated carbocycles. The first-order valence-electron chi connectivity index (χ1n) is 11.8. The third-order valence-electron chi connectivity index (χ3n) is 5.57. The monoisotopic (exact) mass is 517 g/mol. The second-order valence-corrected chi connectivity index (χ2v) is 8.55. The smallest absolute Gasteiger partial charge is 0.414 e. The van der Waals surface area contributed by atoms with Gasteiger partial charge in [0.05, 0.1) is 13.2 Å². The summed E-state index contributed by atoms with van der Waals surface area (Å²) in [4.78, 5) is 32.1. The molecular weight excluding hydrogens is 486 g/mol. The number of hydrogen-bond donors (Lipinski definition) is 2. The largest absolute Gasteiger partial charge is 0.473 e. The zero-order valence-electron chi connectivity index (χ0n) is 20.2. The lowest BCUT2D eigenvalue weighted by Gasteiger charge is -2.31. The molecule has 2 aromatic rings. The number of piperidine rings is 1. The molecule has 8 nitrogen and oxygen atoms in total. The van der Waals surface area contributed by atoms with Crippen LogP contribution in [0.2, 0.25) is 5.02 Å². The molecule has 1 atom stereocenters. The number of carboxylic acids is 2. The van der Waals surface area contributed by atoms with E-state index in [1.807, 2.05) is 55.5 Å². The van der Waals surface area contributed by atoms with E-state index in [-0.39, 0.29) is 12.1 Å². The van der Waals surface area contributed by atoms with Crippen molar-refractivity contribution in [3.63, 3.8) is 0 Å². The molecule has 0 aromatic heterocycles. The highest BCUT2D eigenvalue weighted by atomic mass is 35.5. The van der Waals surface area contributed by atoms with Crippen LogP contribution in [0.25, 0.3) is 0 Å². The molecule has 1 heterocycles. The van der Waals surface area contributed by atoms with E-state index in [9.17, 15) is 4.79 Å². The van der Waals surface area contributed by atoms with Gasteiger partial charge in [-0.3, -0.25) is 0 Å². The number of carbonyl (C=O) groups excluding carboxylic acids is 1. The molecule has 36 heavy (non-hydrogen) atoms. The van der Waals surface area contributed by atoms with Gasteiger partial charge in [-0.15, -0.1) is 0 Å². The number of nitrogens with zero attached hydrogens (tertiary/aromatic N) is 1. The van der Waals surface area contributed by atoms with Crippen LogP contribution in [0, 0.1) is 5.92 Å². The van der Waals surface area contributed by atoms with Crippen LogP contribution >= 0.6 is 11.6 Å². The SMILES string of the molecule is CCOC(=O)C=CC1CCN(CCOC(c2ccccc2)c2ccc(Cl)cc2)CC1.O=C(O)C(=O)O. The molecule has 0 radical (unpaired) electrons. The lowest BCUT2D eigenvalue weighted by Crippen LogP contribution is -2.35. The average Bonchev–Trinajstić information content (AvgIpc) is 2.88. The van der Waals surface area contributed by atoms with Gasteiger partial charge < -0.3 is 24.6 Å². The molecule has 194 valence electrons. The van der Waals surface area contributed by atoms with Crippen molar-refractivity contribution in [1.82, 2.24) is 4.90 Å². The number of rotatable bonds is 9. The molecule has 2 N–H and O–H groups in total. The van der Waals surface area contributed by atoms with E-state index in [2.05, 4.69) is 17.0 Å². The molecule has 9 heteroatoms. The first-order chi connectivity index (χ1) is 17.3. The van der Waals surface area contributed by atoms with Crippen LogP contribution in [0.1, 0.15) is 37.0 Å². The van der Waals surface area contributed by atoms with Crippen LogP contribution in [-0.4, -0.2) is 65.9 Å². The van der Waals surface area contributed by atoms with Gasteiger partial charge in [-0.1, -0.05) is 60.1 Å². The average molecular weight is 518 g/mol. The number of likely N-dealkylation sites (tertiary alicyclic amines) is 1. The number of benzene rings is 2. The summed E-state index contributed by atoms with van der Waals surface area (Å²) in [5.74, 6) is -3.45. The molecule has 1 aliphatic heterocycles. The zero-order chi connectivity index (χ0) is 26.3. The summed E-state index contributed by atoms with van der Waals surface area (Å²) in [5, 5.41) is 15.5. The second kappa shape index (κ2) is 15.7. The first-order valence-corrected chi connectivity index (χ1v) is 12.1. The standard InChI is InChI=1S/C25H30ClNO3.C2H2O4/c1-2-29-24(28)13-8-20-14-16-27(17-15-20)18-19-30-25(21-6-4-3-5-7-21)22-9-11-23(26)12-10-22;3-1(4)2(5)6/h3-13,20,25H,2,14-19H2,1H3;(H,3,4)(H,5,6). The Morgan fingerprint density at radius 3 is 2.14 bits per heavy atom. The third-order valence-corrected chi connectivity index (χ3v) is 5.83. The molecule has 2 aromatic carbocycles. The molecule has 0 bridgehead atoms. The molecule has 1 fully saturated rings. The minimum absolute atomic E-state index is 0.103. The normalized spacial score (nSPS) is 15.1. The maximum Gasteiger partial charge on any atom is 0.414 e. The fraction of sp³-hybridized carbons (Fsp3) is 0.370. The van der Waals surface area contributed by atoms with Crippen molar-refractivity contribution in [3.8, 4) is 0 Å². The molecule has 0 amide bonds. The van der Waals surface area contributed by atoms with E-state index in [4.69, 9.17) is 40.9 Å². The maximum absolute atomic E-state index is 11.5. The van der Waals surface area contributed by atoms with E-state index >= 15 is 0 Å². The molecule has 3 rings (SSSR count). The number of aliphatic carboxylic acids is 2. The number of halogens is 1. The van der Waals surface area contributed by atoms with Crippen LogP contribution in [0.4, 0.5) is 0 Å². The van der Waals surface area contributed by atoms with E-state index in [0.717, 1.165) is 48.6 Å². The fourth-order valence-electron chi connectivity index (χ4n) is 3.72. The minimum Gasteiger partial charge on any atom is -0.473 e. The van der Waals surface area contributed by atoms with Gasteiger partial charge in [0.25, 0.3) is 0 Å². The summed E-state index contributed by atoms with van der Waals surface area (Å²) in [6, 6.07) is 18.2. The van der Waals surface area contributed by atoms with Crippen LogP contribution in [0.3, 0.4) is 0 Å². The molecule has 1 unspecified atom stereocenters. The first kappa shape index (κ1) is 29.0. The summed E-state index contributed by atoms with van der Waals surface area (Å²) < 4.78 is 11.3. The quantitative estimate of drug-likeness (QED) is 0.285. The molecule has 0 spiro atoms. The highest BCUT2D eigenvalue weighted by molar-refractivity contribution is 6.30. The molecule has 1 saturated heterocycles. The Kier molecular flexibility index (Phi) is 12.7. The van der Waals surface area contributed by atoms with Crippen molar-refractivity contribution < 1.29 is 34.1 Å². The van der Waals surface area contributed by atoms with Crippen molar-refractivity contribution in [2.24, 2.45) is 5.92 Å². The van der Waals surface area contributed by atoms with Crippen LogP contribution in [0.5, 0.6) is 0 Å². The van der Waals surface area contributed by atoms with E-state index < -0.39 is 11.9 Å². The lowest BCUT2D eigenvalue weighted by atomic mass is 9.96. The predicted molar refractivity (Wildman–Crippen MR) is 136 cm³/mol. The van der Waals surface area contributed by atoms with Gasteiger partial charge in [0, 0.05) is 17.6 Å². The van der Waals surface area contributed by atoms with Crippen LogP contribution in [0.15, 0.2) is 66.7 Å². The Bertz CT molecular complexity index is 975. The molecule has 0 aliphatic carbocycles. The van der Waals surface area contributed by atoms with Gasteiger partial charge in [0.15, 0.2) is 0 Å². The Morgan fingerprint density at radius 1 is 1.00 bits per heavy atom. The number of esters is 1. The van der Waals surface area contributed by atoms with Gasteiger partial charge in [0.1, 0.15) is 6.10 Å². The van der Waals surface area contributed by atoms with Crippen LogP contribution in [-0.2, 0) is 23.9 Å². The fourth-order valence-corrected chi connectivity index (χ4v) is 3.85. The zero-order valence-corrected chi connectivity index (χ0v) is 21.0. The second-order valence-electron chi connectivity index (χ2n) is 8.11. The van der Waals surface area contributed by atoms with Gasteiger partial charge in [-0.05, 0) is 62.0 Å². The van der Waals surface area contributed by atoms with E-state index in [1.165, 1.54) is 0 Å². The van der Waals surface area contributed by atoms with Gasteiger partial charge in [0.2, 0.25) is 0 Å². The Morgan fingerprint density at radius 2 is 1.58 bits per heavy atom. The number of allylic oxidation sites excluding steroid dienone is 1. The summed E-state index contributed by atoms with van der Waals surface area (Å²) in [7, 11) is 0. The predicted octanol–water partition coefficient (Wildman–Crippen LogP) is 4.43. The number of ether oxygens (including phenoxy) is 2. The molecule has 1 aliphatic rings. The summed E-state index contributed by atoms with van der Waals surface area (Å²) in [5.41, 5.74) is 2.25. The molecular formula is C27H32ClNO7. The lowest BCUT2D eigenvalue weighted by molar-refractivity contribution is -0.159. The van der Waals surface area contributed by atoms with Crippen molar-refractivity contribution >= 4 is 29.5 Å². The number of hydrogen-bond acceptors (Lipinski definition) is 6. The van der Waals surface area contributed by atoms with Crippen LogP contribution < -0.4 is 0 Å². The third kappa shape index (κ3) is 10.6. The van der Waals surface area contributed by atoms with Crippen molar-refractivity contribution in [2.45, 2.75) is 25.9 Å².